The Morgan fingerprint density at radius 3 is 2.90 bits per heavy atom. The lowest BCUT2D eigenvalue weighted by atomic mass is 10.0. The number of hydrogen-bond acceptors (Lipinski definition) is 4. The summed E-state index contributed by atoms with van der Waals surface area (Å²) in [7, 11) is -3.24. The second-order valence-corrected chi connectivity index (χ2v) is 7.21. The number of nitrogens with zero attached hydrogens (tertiary/aromatic N) is 3. The number of likely N-dealkylation sites (tertiary alicyclic amines) is 1. The fourth-order valence-electron chi connectivity index (χ4n) is 2.63. The van der Waals surface area contributed by atoms with Gasteiger partial charge in [0.15, 0.2) is 0 Å². The predicted octanol–water partition coefficient (Wildman–Crippen LogP) is 0.204. The van der Waals surface area contributed by atoms with Gasteiger partial charge >= 0.3 is 0 Å². The highest BCUT2D eigenvalue weighted by molar-refractivity contribution is 7.88. The number of amides is 1. The number of carbonyl (C=O) groups is 1. The summed E-state index contributed by atoms with van der Waals surface area (Å²) in [5.74, 6) is 0.00278. The highest BCUT2D eigenvalue weighted by Gasteiger charge is 2.26. The van der Waals surface area contributed by atoms with Crippen LogP contribution in [0.3, 0.4) is 0 Å². The fraction of sp³-hybridized carbons (Fsp3) is 0.692. The van der Waals surface area contributed by atoms with Crippen molar-refractivity contribution in [2.45, 2.75) is 38.3 Å². The molecule has 1 aromatic rings. The third-order valence-corrected chi connectivity index (χ3v) is 4.34. The molecule has 1 aliphatic rings. The monoisotopic (exact) mass is 314 g/mol. The molecule has 1 fully saturated rings. The molecule has 0 bridgehead atoms. The van der Waals surface area contributed by atoms with Crippen molar-refractivity contribution in [3.63, 3.8) is 0 Å². The Labute approximate surface area is 125 Å². The molecule has 118 valence electrons. The molecule has 0 aromatic carbocycles. The van der Waals surface area contributed by atoms with E-state index in [0.717, 1.165) is 32.1 Å². The van der Waals surface area contributed by atoms with E-state index in [0.29, 0.717) is 6.54 Å². The van der Waals surface area contributed by atoms with E-state index in [9.17, 15) is 13.2 Å². The standard InChI is InChI=1S/C13H22N4O3S/c1-21(19,20)15-8-6-13(18)17-10-3-2-5-12(17)11-16-9-4-7-14-16/h4,7,9,12,15H,2-3,5-6,8,10-11H2,1H3. The van der Waals surface area contributed by atoms with Crippen LogP contribution in [0.2, 0.25) is 0 Å². The molecule has 0 saturated carbocycles. The van der Waals surface area contributed by atoms with Crippen LogP contribution in [0.4, 0.5) is 0 Å². The number of sulfonamides is 1. The average molecular weight is 314 g/mol. The third-order valence-electron chi connectivity index (χ3n) is 3.61. The van der Waals surface area contributed by atoms with Crippen LogP contribution in [0.5, 0.6) is 0 Å². The zero-order valence-corrected chi connectivity index (χ0v) is 13.1. The first kappa shape index (κ1) is 16.0. The number of carbonyl (C=O) groups excluding carboxylic acids is 1. The molecule has 0 radical (unpaired) electrons. The van der Waals surface area contributed by atoms with Crippen LogP contribution >= 0.6 is 0 Å². The SMILES string of the molecule is CS(=O)(=O)NCCC(=O)N1CCCCC1Cn1cccn1. The molecule has 1 atom stereocenters. The number of hydrogen-bond donors (Lipinski definition) is 1. The number of nitrogens with one attached hydrogen (secondary N) is 1. The second kappa shape index (κ2) is 7.04. The zero-order valence-electron chi connectivity index (χ0n) is 12.2. The number of piperidine rings is 1. The zero-order chi connectivity index (χ0) is 15.3. The molecule has 21 heavy (non-hydrogen) atoms. The lowest BCUT2D eigenvalue weighted by Gasteiger charge is -2.35. The van der Waals surface area contributed by atoms with Crippen LogP contribution in [0.1, 0.15) is 25.7 Å². The molecule has 1 saturated heterocycles. The molecule has 1 amide bonds. The topological polar surface area (TPSA) is 84.3 Å². The lowest BCUT2D eigenvalue weighted by Crippen LogP contribution is -2.46. The van der Waals surface area contributed by atoms with E-state index in [2.05, 4.69) is 9.82 Å². The van der Waals surface area contributed by atoms with Crippen molar-refractivity contribution in [2.75, 3.05) is 19.3 Å². The third kappa shape index (κ3) is 5.13. The first-order valence-corrected chi connectivity index (χ1v) is 9.06. The van der Waals surface area contributed by atoms with Gasteiger partial charge in [0.1, 0.15) is 0 Å². The summed E-state index contributed by atoms with van der Waals surface area (Å²) in [6.45, 7) is 1.59. The van der Waals surface area contributed by atoms with Gasteiger partial charge in [-0.25, -0.2) is 13.1 Å². The molecule has 0 spiro atoms. The molecule has 1 N–H and O–H groups in total. The van der Waals surface area contributed by atoms with Crippen molar-refractivity contribution in [1.82, 2.24) is 19.4 Å². The molecule has 1 aromatic heterocycles. The van der Waals surface area contributed by atoms with E-state index in [1.807, 2.05) is 21.8 Å². The summed E-state index contributed by atoms with van der Waals surface area (Å²) < 4.78 is 26.2. The van der Waals surface area contributed by atoms with Crippen LogP contribution in [0.25, 0.3) is 0 Å². The van der Waals surface area contributed by atoms with Gasteiger partial charge in [0.25, 0.3) is 0 Å². The van der Waals surface area contributed by atoms with E-state index in [1.54, 1.807) is 6.20 Å². The minimum Gasteiger partial charge on any atom is -0.338 e. The maximum atomic E-state index is 12.3. The molecular weight excluding hydrogens is 292 g/mol. The van der Waals surface area contributed by atoms with Crippen LogP contribution < -0.4 is 4.72 Å². The summed E-state index contributed by atoms with van der Waals surface area (Å²) in [6.07, 6.45) is 7.98. The first-order chi connectivity index (χ1) is 9.96. The summed E-state index contributed by atoms with van der Waals surface area (Å²) >= 11 is 0. The Hall–Kier alpha value is -1.41. The van der Waals surface area contributed by atoms with Crippen molar-refractivity contribution in [1.29, 1.82) is 0 Å². The Morgan fingerprint density at radius 2 is 2.24 bits per heavy atom. The van der Waals surface area contributed by atoms with Crippen LogP contribution in [-0.4, -0.2) is 54.4 Å². The summed E-state index contributed by atoms with van der Waals surface area (Å²) in [6, 6.07) is 2.01. The van der Waals surface area contributed by atoms with Crippen molar-refractivity contribution >= 4 is 15.9 Å². The van der Waals surface area contributed by atoms with Crippen molar-refractivity contribution < 1.29 is 13.2 Å². The van der Waals surface area contributed by atoms with Gasteiger partial charge in [-0.2, -0.15) is 5.10 Å². The average Bonchev–Trinajstić information content (AvgIpc) is 2.90. The van der Waals surface area contributed by atoms with Crippen LogP contribution in [-0.2, 0) is 21.4 Å². The van der Waals surface area contributed by atoms with Gasteiger partial charge in [-0.05, 0) is 25.3 Å². The maximum Gasteiger partial charge on any atom is 0.224 e. The molecule has 8 heteroatoms. The molecule has 2 rings (SSSR count). The number of rotatable bonds is 6. The Kier molecular flexibility index (Phi) is 5.35. The summed E-state index contributed by atoms with van der Waals surface area (Å²) in [5, 5.41) is 4.19. The van der Waals surface area contributed by atoms with E-state index in [4.69, 9.17) is 0 Å². The van der Waals surface area contributed by atoms with Gasteiger partial charge in [-0.3, -0.25) is 9.48 Å². The normalized spacial score (nSPS) is 19.7. The summed E-state index contributed by atoms with van der Waals surface area (Å²) in [4.78, 5) is 14.2. The van der Waals surface area contributed by atoms with E-state index < -0.39 is 10.0 Å². The van der Waals surface area contributed by atoms with E-state index in [-0.39, 0.29) is 24.9 Å². The molecule has 1 aliphatic heterocycles. The first-order valence-electron chi connectivity index (χ1n) is 7.17. The Balaban J connectivity index is 1.89. The van der Waals surface area contributed by atoms with Crippen molar-refractivity contribution in [3.8, 4) is 0 Å². The van der Waals surface area contributed by atoms with Crippen molar-refractivity contribution in [2.24, 2.45) is 0 Å². The molecule has 0 aliphatic carbocycles. The van der Waals surface area contributed by atoms with Gasteiger partial charge in [0.05, 0.1) is 18.8 Å². The van der Waals surface area contributed by atoms with Gasteiger partial charge in [-0.15, -0.1) is 0 Å². The highest BCUT2D eigenvalue weighted by Crippen LogP contribution is 2.19. The molecule has 7 nitrogen and oxygen atoms in total. The molecule has 1 unspecified atom stereocenters. The highest BCUT2D eigenvalue weighted by atomic mass is 32.2. The lowest BCUT2D eigenvalue weighted by molar-refractivity contribution is -0.135. The Bertz CT molecular complexity index is 556. The minimum absolute atomic E-state index is 0.00278. The van der Waals surface area contributed by atoms with Crippen LogP contribution in [0, 0.1) is 0 Å². The van der Waals surface area contributed by atoms with E-state index in [1.165, 1.54) is 0 Å². The molecule has 2 heterocycles. The maximum absolute atomic E-state index is 12.3. The smallest absolute Gasteiger partial charge is 0.224 e. The Morgan fingerprint density at radius 1 is 1.43 bits per heavy atom. The second-order valence-electron chi connectivity index (χ2n) is 5.38. The van der Waals surface area contributed by atoms with Gasteiger partial charge < -0.3 is 4.90 Å². The van der Waals surface area contributed by atoms with Gasteiger partial charge in [-0.1, -0.05) is 0 Å². The fourth-order valence-corrected chi connectivity index (χ4v) is 3.10. The largest absolute Gasteiger partial charge is 0.338 e. The van der Waals surface area contributed by atoms with Crippen LogP contribution in [0.15, 0.2) is 18.5 Å². The minimum atomic E-state index is -3.24. The predicted molar refractivity (Wildman–Crippen MR) is 79.0 cm³/mol. The molecular formula is C13H22N4O3S. The number of aromatic nitrogens is 2. The van der Waals surface area contributed by atoms with Gasteiger partial charge in [0.2, 0.25) is 15.9 Å². The summed E-state index contributed by atoms with van der Waals surface area (Å²) in [5.41, 5.74) is 0. The van der Waals surface area contributed by atoms with Gasteiger partial charge in [0, 0.05) is 31.9 Å². The van der Waals surface area contributed by atoms with E-state index >= 15 is 0 Å². The quantitative estimate of drug-likeness (QED) is 0.813. The van der Waals surface area contributed by atoms with Crippen molar-refractivity contribution in [3.05, 3.63) is 18.5 Å².